The number of benzene rings is 2. The molecule has 7 heteroatoms. The molecule has 3 rings (SSSR count). The van der Waals surface area contributed by atoms with Crippen LogP contribution in [0.15, 0.2) is 58.5 Å². The van der Waals surface area contributed by atoms with E-state index in [2.05, 4.69) is 17.2 Å². The third kappa shape index (κ3) is 5.12. The van der Waals surface area contributed by atoms with E-state index in [9.17, 15) is 14.4 Å². The fourth-order valence-electron chi connectivity index (χ4n) is 2.93. The minimum atomic E-state index is -0.160. The number of anilines is 1. The maximum absolute atomic E-state index is 12.9. The Morgan fingerprint density at radius 3 is 2.52 bits per heavy atom. The molecule has 0 aliphatic rings. The van der Waals surface area contributed by atoms with Crippen molar-refractivity contribution in [1.29, 1.82) is 0 Å². The number of ketones is 1. The van der Waals surface area contributed by atoms with E-state index in [0.717, 1.165) is 12.8 Å². The summed E-state index contributed by atoms with van der Waals surface area (Å²) >= 11 is 1.28. The molecule has 1 heterocycles. The van der Waals surface area contributed by atoms with E-state index in [4.69, 9.17) is 0 Å². The molecule has 1 amide bonds. The van der Waals surface area contributed by atoms with Gasteiger partial charge in [-0.1, -0.05) is 37.2 Å². The highest BCUT2D eigenvalue weighted by Gasteiger charge is 2.14. The molecule has 0 unspecified atom stereocenters. The van der Waals surface area contributed by atoms with Gasteiger partial charge in [-0.05, 0) is 42.8 Å². The van der Waals surface area contributed by atoms with Crippen LogP contribution >= 0.6 is 11.8 Å². The van der Waals surface area contributed by atoms with Gasteiger partial charge in [0.05, 0.1) is 16.7 Å². The number of amides is 1. The van der Waals surface area contributed by atoms with Gasteiger partial charge in [0.2, 0.25) is 5.91 Å². The summed E-state index contributed by atoms with van der Waals surface area (Å²) < 4.78 is 1.67. The number of unbranched alkanes of at least 4 members (excludes halogenated alkanes) is 1. The Kier molecular flexibility index (Phi) is 6.82. The van der Waals surface area contributed by atoms with Crippen LogP contribution in [-0.4, -0.2) is 27.0 Å². The zero-order valence-corrected chi connectivity index (χ0v) is 17.3. The van der Waals surface area contributed by atoms with Crippen molar-refractivity contribution in [3.63, 3.8) is 0 Å². The zero-order valence-electron chi connectivity index (χ0n) is 16.5. The van der Waals surface area contributed by atoms with E-state index in [0.29, 0.717) is 33.9 Å². The summed E-state index contributed by atoms with van der Waals surface area (Å²) in [6.45, 7) is 4.08. The number of carbonyl (C=O) groups excluding carboxylic acids is 2. The van der Waals surface area contributed by atoms with Gasteiger partial charge in [0.25, 0.3) is 5.56 Å². The predicted molar refractivity (Wildman–Crippen MR) is 117 cm³/mol. The van der Waals surface area contributed by atoms with Gasteiger partial charge in [0.1, 0.15) is 0 Å². The predicted octanol–water partition coefficient (Wildman–Crippen LogP) is 4.13. The number of carbonyl (C=O) groups is 2. The quantitative estimate of drug-likeness (QED) is 0.344. The van der Waals surface area contributed by atoms with E-state index in [1.807, 2.05) is 18.2 Å². The Morgan fingerprint density at radius 1 is 1.10 bits per heavy atom. The van der Waals surface area contributed by atoms with Gasteiger partial charge in [-0.3, -0.25) is 19.0 Å². The molecule has 0 saturated carbocycles. The molecule has 0 fully saturated rings. The number of rotatable bonds is 8. The Labute approximate surface area is 173 Å². The van der Waals surface area contributed by atoms with Crippen LogP contribution in [0, 0.1) is 0 Å². The Bertz CT molecular complexity index is 1090. The smallest absolute Gasteiger partial charge is 0.262 e. The highest BCUT2D eigenvalue weighted by molar-refractivity contribution is 7.99. The first kappa shape index (κ1) is 20.8. The molecule has 2 aromatic carbocycles. The molecule has 0 aliphatic carbocycles. The van der Waals surface area contributed by atoms with Crippen molar-refractivity contribution in [2.24, 2.45) is 0 Å². The lowest BCUT2D eigenvalue weighted by atomic mass is 10.1. The molecule has 1 N–H and O–H groups in total. The van der Waals surface area contributed by atoms with Gasteiger partial charge in [0.15, 0.2) is 10.9 Å². The second kappa shape index (κ2) is 9.52. The van der Waals surface area contributed by atoms with Crippen LogP contribution in [0.2, 0.25) is 0 Å². The Morgan fingerprint density at radius 2 is 1.83 bits per heavy atom. The number of hydrogen-bond donors (Lipinski definition) is 1. The van der Waals surface area contributed by atoms with Crippen molar-refractivity contribution in [3.05, 3.63) is 64.4 Å². The van der Waals surface area contributed by atoms with Gasteiger partial charge in [-0.2, -0.15) is 0 Å². The second-order valence-corrected chi connectivity index (χ2v) is 7.63. The molecule has 0 aliphatic heterocycles. The van der Waals surface area contributed by atoms with E-state index in [1.165, 1.54) is 18.7 Å². The lowest BCUT2D eigenvalue weighted by molar-refractivity contribution is -0.114. The number of hydrogen-bond acceptors (Lipinski definition) is 5. The molecule has 3 aromatic rings. The monoisotopic (exact) mass is 409 g/mol. The van der Waals surface area contributed by atoms with E-state index in [-0.39, 0.29) is 23.0 Å². The van der Waals surface area contributed by atoms with Gasteiger partial charge in [0, 0.05) is 24.7 Å². The molecular weight excluding hydrogens is 386 g/mol. The Hall–Kier alpha value is -2.93. The summed E-state index contributed by atoms with van der Waals surface area (Å²) in [5, 5.41) is 3.83. The minimum absolute atomic E-state index is 0.0613. The first-order valence-corrected chi connectivity index (χ1v) is 10.5. The number of nitrogens with zero attached hydrogens (tertiary/aromatic N) is 2. The van der Waals surface area contributed by atoms with E-state index >= 15 is 0 Å². The maximum atomic E-state index is 12.9. The summed E-state index contributed by atoms with van der Waals surface area (Å²) in [6, 6.07) is 14.0. The zero-order chi connectivity index (χ0) is 20.8. The maximum Gasteiger partial charge on any atom is 0.262 e. The average molecular weight is 410 g/mol. The normalized spacial score (nSPS) is 10.8. The van der Waals surface area contributed by atoms with Crippen molar-refractivity contribution in [1.82, 2.24) is 9.55 Å². The molecule has 150 valence electrons. The fourth-order valence-corrected chi connectivity index (χ4v) is 3.85. The van der Waals surface area contributed by atoms with Gasteiger partial charge in [-0.15, -0.1) is 0 Å². The Balaban J connectivity index is 1.81. The lowest BCUT2D eigenvalue weighted by Gasteiger charge is -2.12. The lowest BCUT2D eigenvalue weighted by Crippen LogP contribution is -2.24. The SMILES string of the molecule is CCCCn1c(SCC(=O)c2ccc(NC(C)=O)cc2)nc2ccccc2c1=O. The summed E-state index contributed by atoms with van der Waals surface area (Å²) in [5.74, 6) is -0.0444. The average Bonchev–Trinajstić information content (AvgIpc) is 2.71. The fraction of sp³-hybridized carbons (Fsp3) is 0.273. The van der Waals surface area contributed by atoms with Gasteiger partial charge in [-0.25, -0.2) is 4.98 Å². The highest BCUT2D eigenvalue weighted by Crippen LogP contribution is 2.20. The van der Waals surface area contributed by atoms with Gasteiger partial charge < -0.3 is 5.32 Å². The molecule has 0 spiro atoms. The number of nitrogens with one attached hydrogen (secondary N) is 1. The molecule has 0 atom stereocenters. The van der Waals surface area contributed by atoms with Crippen LogP contribution in [0.25, 0.3) is 10.9 Å². The number of fused-ring (bicyclic) bond motifs is 1. The van der Waals surface area contributed by atoms with Crippen molar-refractivity contribution < 1.29 is 9.59 Å². The summed E-state index contributed by atoms with van der Waals surface area (Å²) in [4.78, 5) is 41.2. The number of aromatic nitrogens is 2. The third-order valence-electron chi connectivity index (χ3n) is 4.42. The number of Topliss-reactive ketones (excluding diaryl/α,β-unsaturated/α-hetero) is 1. The molecular formula is C22H23N3O3S. The van der Waals surface area contributed by atoms with Crippen LogP contribution in [0.4, 0.5) is 5.69 Å². The molecule has 0 radical (unpaired) electrons. The summed E-state index contributed by atoms with van der Waals surface area (Å²) in [6.07, 6.45) is 1.83. The topological polar surface area (TPSA) is 81.1 Å². The van der Waals surface area contributed by atoms with Crippen LogP contribution in [0.5, 0.6) is 0 Å². The van der Waals surface area contributed by atoms with Crippen molar-refractivity contribution in [3.8, 4) is 0 Å². The molecule has 0 saturated heterocycles. The van der Waals surface area contributed by atoms with Crippen LogP contribution in [0.3, 0.4) is 0 Å². The van der Waals surface area contributed by atoms with E-state index in [1.54, 1.807) is 34.9 Å². The first-order chi connectivity index (χ1) is 14.0. The largest absolute Gasteiger partial charge is 0.326 e. The summed E-state index contributed by atoms with van der Waals surface area (Å²) in [7, 11) is 0. The molecule has 1 aromatic heterocycles. The first-order valence-electron chi connectivity index (χ1n) is 9.53. The number of para-hydroxylation sites is 1. The molecule has 6 nitrogen and oxygen atoms in total. The standard InChI is InChI=1S/C22H23N3O3S/c1-3-4-13-25-21(28)18-7-5-6-8-19(18)24-22(25)29-14-20(27)16-9-11-17(12-10-16)23-15(2)26/h5-12H,3-4,13-14H2,1-2H3,(H,23,26). The highest BCUT2D eigenvalue weighted by atomic mass is 32.2. The minimum Gasteiger partial charge on any atom is -0.326 e. The summed E-state index contributed by atoms with van der Waals surface area (Å²) in [5.41, 5.74) is 1.76. The number of thioether (sulfide) groups is 1. The van der Waals surface area contributed by atoms with Crippen molar-refractivity contribution in [2.45, 2.75) is 38.4 Å². The van der Waals surface area contributed by atoms with Crippen LogP contribution in [0.1, 0.15) is 37.0 Å². The third-order valence-corrected chi connectivity index (χ3v) is 5.40. The van der Waals surface area contributed by atoms with E-state index < -0.39 is 0 Å². The van der Waals surface area contributed by atoms with Crippen molar-refractivity contribution >= 4 is 40.0 Å². The van der Waals surface area contributed by atoms with Gasteiger partial charge >= 0.3 is 0 Å². The van der Waals surface area contributed by atoms with Crippen LogP contribution < -0.4 is 10.9 Å². The second-order valence-electron chi connectivity index (χ2n) is 6.69. The van der Waals surface area contributed by atoms with Crippen LogP contribution in [-0.2, 0) is 11.3 Å². The van der Waals surface area contributed by atoms with Crippen molar-refractivity contribution in [2.75, 3.05) is 11.1 Å². The molecule has 0 bridgehead atoms. The molecule has 29 heavy (non-hydrogen) atoms.